The number of rotatable bonds is 7. The van der Waals surface area contributed by atoms with E-state index in [1.165, 1.54) is 23.4 Å². The minimum absolute atomic E-state index is 0.0349. The fourth-order valence-corrected chi connectivity index (χ4v) is 5.05. The van der Waals surface area contributed by atoms with Gasteiger partial charge in [-0.1, -0.05) is 54.6 Å². The number of aryl methyl sites for hydroxylation is 1. The Labute approximate surface area is 212 Å². The van der Waals surface area contributed by atoms with Crippen LogP contribution in [0.3, 0.4) is 0 Å². The maximum Gasteiger partial charge on any atom is 0.338 e. The highest BCUT2D eigenvalue weighted by atomic mass is 16.5. The summed E-state index contributed by atoms with van der Waals surface area (Å²) in [7, 11) is 1.41. The lowest BCUT2D eigenvalue weighted by atomic mass is 9.99. The lowest BCUT2D eigenvalue weighted by Crippen LogP contribution is -2.39. The van der Waals surface area contributed by atoms with Crippen LogP contribution in [-0.2, 0) is 4.74 Å². The number of benzene rings is 4. The Bertz CT molecular complexity index is 1380. The first kappa shape index (κ1) is 23.9. The van der Waals surface area contributed by atoms with Crippen molar-refractivity contribution in [2.45, 2.75) is 32.4 Å². The predicted molar refractivity (Wildman–Crippen MR) is 145 cm³/mol. The maximum absolute atomic E-state index is 12.1. The van der Waals surface area contributed by atoms with Gasteiger partial charge in [-0.05, 0) is 79.0 Å². The SMILES string of the molecule is COC(=O)c1ccc(N2CC(CCN[C@H](C)c3cccc4ccccc34)Oc3ccccc32)cc1C. The van der Waals surface area contributed by atoms with E-state index >= 15 is 0 Å². The van der Waals surface area contributed by atoms with Gasteiger partial charge in [0.25, 0.3) is 0 Å². The summed E-state index contributed by atoms with van der Waals surface area (Å²) in [6.45, 7) is 5.73. The van der Waals surface area contributed by atoms with E-state index in [9.17, 15) is 4.79 Å². The van der Waals surface area contributed by atoms with Crippen LogP contribution in [0.5, 0.6) is 5.75 Å². The van der Waals surface area contributed by atoms with Crippen LogP contribution in [0.1, 0.15) is 40.9 Å². The summed E-state index contributed by atoms with van der Waals surface area (Å²) < 4.78 is 11.3. The molecule has 5 heteroatoms. The van der Waals surface area contributed by atoms with Crippen LogP contribution >= 0.6 is 0 Å². The van der Waals surface area contributed by atoms with Gasteiger partial charge in [-0.2, -0.15) is 0 Å². The maximum atomic E-state index is 12.1. The number of nitrogens with one attached hydrogen (secondary N) is 1. The number of anilines is 2. The molecule has 184 valence electrons. The van der Waals surface area contributed by atoms with E-state index in [2.05, 4.69) is 65.7 Å². The minimum atomic E-state index is -0.314. The van der Waals surface area contributed by atoms with E-state index in [1.54, 1.807) is 0 Å². The fraction of sp³-hybridized carbons (Fsp3) is 0.258. The molecule has 1 N–H and O–H groups in total. The summed E-state index contributed by atoms with van der Waals surface area (Å²) in [5, 5.41) is 6.26. The number of nitrogens with zero attached hydrogens (tertiary/aromatic N) is 1. The van der Waals surface area contributed by atoms with Gasteiger partial charge in [-0.15, -0.1) is 0 Å². The van der Waals surface area contributed by atoms with E-state index in [-0.39, 0.29) is 18.1 Å². The van der Waals surface area contributed by atoms with E-state index < -0.39 is 0 Å². The second kappa shape index (κ2) is 10.4. The molecule has 0 fully saturated rings. The molecule has 0 saturated heterocycles. The molecule has 0 amide bonds. The second-order valence-corrected chi connectivity index (χ2v) is 9.34. The Morgan fingerprint density at radius 3 is 2.67 bits per heavy atom. The predicted octanol–water partition coefficient (Wildman–Crippen LogP) is 6.57. The summed E-state index contributed by atoms with van der Waals surface area (Å²) in [5.74, 6) is 0.566. The van der Waals surface area contributed by atoms with Crippen molar-refractivity contribution in [1.82, 2.24) is 5.32 Å². The Hall–Kier alpha value is -3.83. The summed E-state index contributed by atoms with van der Waals surface area (Å²) in [6.07, 6.45) is 0.909. The highest BCUT2D eigenvalue weighted by Gasteiger charge is 2.27. The Morgan fingerprint density at radius 1 is 1.06 bits per heavy atom. The zero-order chi connectivity index (χ0) is 25.1. The number of ether oxygens (including phenoxy) is 2. The molecular formula is C31H32N2O3. The standard InChI is InChI=1S/C31H32N2O3/c1-21-19-24(15-16-26(21)31(34)35-3)33-20-25(36-30-14-7-6-13-29(30)33)17-18-32-22(2)27-12-8-10-23-9-4-5-11-28(23)27/h4-16,19,22,25,32H,17-18,20H2,1-3H3/t22-,25?/m1/s1. The highest BCUT2D eigenvalue weighted by Crippen LogP contribution is 2.39. The molecule has 0 aliphatic carbocycles. The zero-order valence-corrected chi connectivity index (χ0v) is 21.0. The molecule has 5 nitrogen and oxygen atoms in total. The van der Waals surface area contributed by atoms with Crippen molar-refractivity contribution in [1.29, 1.82) is 0 Å². The van der Waals surface area contributed by atoms with Crippen LogP contribution in [0.2, 0.25) is 0 Å². The quantitative estimate of drug-likeness (QED) is 0.303. The summed E-state index contributed by atoms with van der Waals surface area (Å²) in [4.78, 5) is 14.3. The number of hydrogen-bond acceptors (Lipinski definition) is 5. The first-order valence-electron chi connectivity index (χ1n) is 12.5. The monoisotopic (exact) mass is 480 g/mol. The van der Waals surface area contributed by atoms with Crippen molar-refractivity contribution < 1.29 is 14.3 Å². The number of carbonyl (C=O) groups excluding carboxylic acids is 1. The van der Waals surface area contributed by atoms with E-state index in [1.807, 2.05) is 43.3 Å². The van der Waals surface area contributed by atoms with Gasteiger partial charge in [0.15, 0.2) is 0 Å². The van der Waals surface area contributed by atoms with E-state index in [4.69, 9.17) is 9.47 Å². The summed E-state index contributed by atoms with van der Waals surface area (Å²) in [6, 6.07) is 29.3. The molecular weight excluding hydrogens is 448 g/mol. The Morgan fingerprint density at radius 2 is 1.83 bits per heavy atom. The lowest BCUT2D eigenvalue weighted by molar-refractivity contribution is 0.0600. The first-order chi connectivity index (χ1) is 17.5. The molecule has 1 aliphatic heterocycles. The number of methoxy groups -OCH3 is 1. The van der Waals surface area contributed by atoms with Gasteiger partial charge in [-0.3, -0.25) is 0 Å². The van der Waals surface area contributed by atoms with Gasteiger partial charge in [0, 0.05) is 11.7 Å². The number of fused-ring (bicyclic) bond motifs is 2. The smallest absolute Gasteiger partial charge is 0.338 e. The molecule has 36 heavy (non-hydrogen) atoms. The molecule has 0 saturated carbocycles. The third-order valence-corrected chi connectivity index (χ3v) is 6.97. The van der Waals surface area contributed by atoms with Crippen LogP contribution in [0.4, 0.5) is 11.4 Å². The molecule has 2 atom stereocenters. The number of esters is 1. The lowest BCUT2D eigenvalue weighted by Gasteiger charge is -2.37. The van der Waals surface area contributed by atoms with Crippen LogP contribution < -0.4 is 15.0 Å². The molecule has 0 aromatic heterocycles. The number of hydrogen-bond donors (Lipinski definition) is 1. The molecule has 0 spiro atoms. The molecule has 0 bridgehead atoms. The summed E-state index contributed by atoms with van der Waals surface area (Å²) >= 11 is 0. The van der Waals surface area contributed by atoms with Gasteiger partial charge in [0.05, 0.1) is 24.9 Å². The van der Waals surface area contributed by atoms with Gasteiger partial charge in [-0.25, -0.2) is 4.79 Å². The molecule has 4 aromatic rings. The van der Waals surface area contributed by atoms with Crippen molar-refractivity contribution in [3.05, 3.63) is 102 Å². The molecule has 1 aliphatic rings. The average molecular weight is 481 g/mol. The van der Waals surface area contributed by atoms with Crippen molar-refractivity contribution in [2.24, 2.45) is 0 Å². The molecule has 1 heterocycles. The van der Waals surface area contributed by atoms with Crippen LogP contribution in [0.15, 0.2) is 84.9 Å². The number of carbonyl (C=O) groups is 1. The second-order valence-electron chi connectivity index (χ2n) is 9.34. The third-order valence-electron chi connectivity index (χ3n) is 6.97. The van der Waals surface area contributed by atoms with Crippen LogP contribution in [0.25, 0.3) is 10.8 Å². The van der Waals surface area contributed by atoms with Crippen molar-refractivity contribution in [3.63, 3.8) is 0 Å². The number of para-hydroxylation sites is 2. The van der Waals surface area contributed by atoms with Gasteiger partial charge in [0.2, 0.25) is 0 Å². The molecule has 5 rings (SSSR count). The largest absolute Gasteiger partial charge is 0.486 e. The fourth-order valence-electron chi connectivity index (χ4n) is 5.05. The normalized spacial score (nSPS) is 15.8. The zero-order valence-electron chi connectivity index (χ0n) is 21.0. The Kier molecular flexibility index (Phi) is 6.92. The van der Waals surface area contributed by atoms with Crippen LogP contribution in [-0.4, -0.2) is 32.3 Å². The Balaban J connectivity index is 1.30. The van der Waals surface area contributed by atoms with Crippen molar-refractivity contribution >= 4 is 28.1 Å². The highest BCUT2D eigenvalue weighted by molar-refractivity contribution is 5.92. The average Bonchev–Trinajstić information content (AvgIpc) is 2.91. The first-order valence-corrected chi connectivity index (χ1v) is 12.5. The molecule has 1 unspecified atom stereocenters. The van der Waals surface area contributed by atoms with Crippen molar-refractivity contribution in [2.75, 3.05) is 25.1 Å². The van der Waals surface area contributed by atoms with Crippen LogP contribution in [0, 0.1) is 6.92 Å². The molecule has 4 aromatic carbocycles. The minimum Gasteiger partial charge on any atom is -0.486 e. The third kappa shape index (κ3) is 4.79. The van der Waals surface area contributed by atoms with Gasteiger partial charge < -0.3 is 19.7 Å². The van der Waals surface area contributed by atoms with Gasteiger partial charge in [0.1, 0.15) is 11.9 Å². The molecule has 0 radical (unpaired) electrons. The van der Waals surface area contributed by atoms with E-state index in [0.29, 0.717) is 5.56 Å². The summed E-state index contributed by atoms with van der Waals surface area (Å²) in [5.41, 5.74) is 4.87. The van der Waals surface area contributed by atoms with E-state index in [0.717, 1.165) is 42.2 Å². The van der Waals surface area contributed by atoms with Crippen molar-refractivity contribution in [3.8, 4) is 5.75 Å². The topological polar surface area (TPSA) is 50.8 Å². The van der Waals surface area contributed by atoms with Gasteiger partial charge >= 0.3 is 5.97 Å².